The molecule has 0 fully saturated rings. The van der Waals surface area contributed by atoms with Gasteiger partial charge in [0.05, 0.1) is 30.4 Å². The van der Waals surface area contributed by atoms with Crippen molar-refractivity contribution >= 4 is 18.6 Å². The minimum Gasteiger partial charge on any atom is -0.397 e. The van der Waals surface area contributed by atoms with E-state index in [1.165, 1.54) is 12.4 Å². The maximum atomic E-state index is 12.7. The summed E-state index contributed by atoms with van der Waals surface area (Å²) in [5.74, 6) is 0.496. The fourth-order valence-electron chi connectivity index (χ4n) is 2.18. The molecule has 0 bridgehead atoms. The smallest absolute Gasteiger partial charge is 0.362 e. The lowest BCUT2D eigenvalue weighted by atomic mass is 10.3. The van der Waals surface area contributed by atoms with Crippen molar-refractivity contribution in [2.24, 2.45) is 0 Å². The number of nitrogen functional groups attached to an aromatic ring is 1. The molecule has 3 rings (SSSR count). The zero-order chi connectivity index (χ0) is 19.3. The lowest BCUT2D eigenvalue weighted by Gasteiger charge is -2.16. The van der Waals surface area contributed by atoms with Gasteiger partial charge in [-0.2, -0.15) is 0 Å². The third kappa shape index (κ3) is 4.30. The highest BCUT2D eigenvalue weighted by Crippen LogP contribution is 2.46. The molecule has 0 radical (unpaired) electrons. The molecule has 0 saturated carbocycles. The minimum absolute atomic E-state index is 0.225. The van der Waals surface area contributed by atoms with Crippen molar-refractivity contribution in [1.29, 1.82) is 0 Å². The van der Waals surface area contributed by atoms with Crippen molar-refractivity contribution in [3.63, 3.8) is 0 Å². The van der Waals surface area contributed by atoms with E-state index in [4.69, 9.17) is 14.8 Å². The first-order valence-electron chi connectivity index (χ1n) is 8.21. The van der Waals surface area contributed by atoms with Crippen LogP contribution in [-0.4, -0.2) is 43.6 Å². The Kier molecular flexibility index (Phi) is 5.80. The summed E-state index contributed by atoms with van der Waals surface area (Å²) >= 11 is 0. The minimum atomic E-state index is -3.39. The van der Waals surface area contributed by atoms with Crippen LogP contribution in [0, 0.1) is 0 Å². The molecule has 0 saturated heterocycles. The summed E-state index contributed by atoms with van der Waals surface area (Å²) < 4.78 is 23.3. The Balaban J connectivity index is 1.82. The average molecular weight is 387 g/mol. The largest absolute Gasteiger partial charge is 0.397 e. The van der Waals surface area contributed by atoms with Crippen LogP contribution in [0.4, 0.5) is 5.69 Å². The van der Waals surface area contributed by atoms with Gasteiger partial charge in [-0.1, -0.05) is 0 Å². The highest BCUT2D eigenvalue weighted by atomic mass is 31.2. The first-order valence-corrected chi connectivity index (χ1v) is 9.75. The van der Waals surface area contributed by atoms with Crippen LogP contribution in [0.2, 0.25) is 0 Å². The maximum absolute atomic E-state index is 12.7. The lowest BCUT2D eigenvalue weighted by Crippen LogP contribution is -2.12. The number of rotatable bonds is 7. The molecule has 3 aromatic heterocycles. The second-order valence-corrected chi connectivity index (χ2v) is 7.29. The van der Waals surface area contributed by atoms with Crippen LogP contribution in [0.3, 0.4) is 0 Å². The normalized spacial score (nSPS) is 11.5. The fourth-order valence-corrected chi connectivity index (χ4v) is 3.69. The van der Waals surface area contributed by atoms with Gasteiger partial charge in [0, 0.05) is 6.20 Å². The summed E-state index contributed by atoms with van der Waals surface area (Å²) in [4.78, 5) is 8.34. The van der Waals surface area contributed by atoms with Gasteiger partial charge in [-0.25, -0.2) is 0 Å². The molecule has 11 heteroatoms. The van der Waals surface area contributed by atoms with Crippen molar-refractivity contribution < 1.29 is 13.6 Å². The van der Waals surface area contributed by atoms with E-state index in [0.29, 0.717) is 22.4 Å². The number of hydrogen-bond donors (Lipinski definition) is 1. The molecule has 0 aliphatic heterocycles. The summed E-state index contributed by atoms with van der Waals surface area (Å²) in [7, 11) is -3.39. The average Bonchev–Trinajstić information content (AvgIpc) is 2.69. The molecule has 2 N–H and O–H groups in total. The predicted octanol–water partition coefficient (Wildman–Crippen LogP) is 1.86. The molecule has 27 heavy (non-hydrogen) atoms. The summed E-state index contributed by atoms with van der Waals surface area (Å²) in [6, 6.07) is 6.59. The molecule has 0 aliphatic rings. The van der Waals surface area contributed by atoms with Crippen LogP contribution in [-0.2, 0) is 13.6 Å². The van der Waals surface area contributed by atoms with Crippen molar-refractivity contribution in [2.45, 2.75) is 13.8 Å². The molecule has 0 aromatic carbocycles. The number of aromatic nitrogens is 6. The van der Waals surface area contributed by atoms with Gasteiger partial charge in [0.1, 0.15) is 11.4 Å². The quantitative estimate of drug-likeness (QED) is 0.597. The van der Waals surface area contributed by atoms with Gasteiger partial charge in [0.2, 0.25) is 11.6 Å². The first kappa shape index (κ1) is 19.0. The van der Waals surface area contributed by atoms with Gasteiger partial charge in [0.15, 0.2) is 0 Å². The third-order valence-corrected chi connectivity index (χ3v) is 5.48. The number of nitrogens with two attached hydrogens (primary N) is 1. The van der Waals surface area contributed by atoms with Crippen LogP contribution in [0.15, 0.2) is 36.7 Å². The van der Waals surface area contributed by atoms with Gasteiger partial charge in [-0.15, -0.1) is 20.4 Å². The number of hydrogen-bond acceptors (Lipinski definition) is 10. The second-order valence-electron chi connectivity index (χ2n) is 5.26. The zero-order valence-electron chi connectivity index (χ0n) is 14.8. The standard InChI is InChI=1S/C16H18N7O3P/c1-3-25-27(24,26-4-2)12-6-8-14(19-10-12)16-22-20-15(21-23-16)13-7-5-11(17)9-18-13/h5-10H,3-4,17H2,1-2H3. The van der Waals surface area contributed by atoms with Gasteiger partial charge in [0.25, 0.3) is 0 Å². The van der Waals surface area contributed by atoms with Gasteiger partial charge >= 0.3 is 7.60 Å². The molecule has 3 aromatic rings. The summed E-state index contributed by atoms with van der Waals surface area (Å²) in [6.45, 7) is 4.01. The fraction of sp³-hybridized carbons (Fsp3) is 0.250. The molecule has 3 heterocycles. The monoisotopic (exact) mass is 387 g/mol. The maximum Gasteiger partial charge on any atom is 0.362 e. The van der Waals surface area contributed by atoms with Crippen LogP contribution < -0.4 is 11.0 Å². The number of pyridine rings is 2. The molecule has 0 atom stereocenters. The van der Waals surface area contributed by atoms with E-state index in [-0.39, 0.29) is 24.9 Å². The van der Waals surface area contributed by atoms with Crippen LogP contribution >= 0.6 is 7.60 Å². The van der Waals surface area contributed by atoms with Crippen LogP contribution in [0.25, 0.3) is 23.0 Å². The first-order chi connectivity index (χ1) is 13.1. The molecule has 0 unspecified atom stereocenters. The topological polar surface area (TPSA) is 139 Å². The Morgan fingerprint density at radius 3 is 1.78 bits per heavy atom. The molecule has 140 valence electrons. The summed E-state index contributed by atoms with van der Waals surface area (Å²) in [5.41, 5.74) is 7.08. The van der Waals surface area contributed by atoms with Crippen LogP contribution in [0.1, 0.15) is 13.8 Å². The third-order valence-electron chi connectivity index (χ3n) is 3.39. The van der Waals surface area contributed by atoms with E-state index < -0.39 is 7.60 Å². The van der Waals surface area contributed by atoms with E-state index in [1.54, 1.807) is 38.1 Å². The van der Waals surface area contributed by atoms with Gasteiger partial charge < -0.3 is 14.8 Å². The Labute approximate surface area is 155 Å². The van der Waals surface area contributed by atoms with E-state index in [2.05, 4.69) is 30.4 Å². The number of anilines is 1. The van der Waals surface area contributed by atoms with E-state index >= 15 is 0 Å². The molecule has 0 aliphatic carbocycles. The van der Waals surface area contributed by atoms with Crippen LogP contribution in [0.5, 0.6) is 0 Å². The molecule has 0 amide bonds. The molecular formula is C16H18N7O3P. The van der Waals surface area contributed by atoms with Gasteiger partial charge in [-0.05, 0) is 38.1 Å². The summed E-state index contributed by atoms with van der Waals surface area (Å²) in [5, 5.41) is 16.4. The SMILES string of the molecule is CCOP(=O)(OCC)c1ccc(-c2nnc(-c3ccc(N)cn3)nn2)nc1. The molecule has 10 nitrogen and oxygen atoms in total. The van der Waals surface area contributed by atoms with Crippen molar-refractivity contribution in [3.8, 4) is 23.0 Å². The molecular weight excluding hydrogens is 369 g/mol. The van der Waals surface area contributed by atoms with Crippen molar-refractivity contribution in [3.05, 3.63) is 36.7 Å². The van der Waals surface area contributed by atoms with Crippen molar-refractivity contribution in [2.75, 3.05) is 18.9 Å². The highest BCUT2D eigenvalue weighted by Gasteiger charge is 2.27. The Bertz CT molecular complexity index is 924. The van der Waals surface area contributed by atoms with Crippen molar-refractivity contribution in [1.82, 2.24) is 30.4 Å². The zero-order valence-corrected chi connectivity index (χ0v) is 15.7. The Morgan fingerprint density at radius 1 is 0.852 bits per heavy atom. The second kappa shape index (κ2) is 8.26. The lowest BCUT2D eigenvalue weighted by molar-refractivity contribution is 0.230. The summed E-state index contributed by atoms with van der Waals surface area (Å²) in [6.07, 6.45) is 2.92. The van der Waals surface area contributed by atoms with Gasteiger partial charge in [-0.3, -0.25) is 14.5 Å². The predicted molar refractivity (Wildman–Crippen MR) is 99.0 cm³/mol. The van der Waals surface area contributed by atoms with E-state index in [9.17, 15) is 4.57 Å². The number of nitrogens with zero attached hydrogens (tertiary/aromatic N) is 6. The van der Waals surface area contributed by atoms with E-state index in [0.717, 1.165) is 0 Å². The highest BCUT2D eigenvalue weighted by molar-refractivity contribution is 7.62. The Morgan fingerprint density at radius 2 is 1.37 bits per heavy atom. The Hall–Kier alpha value is -2.81. The van der Waals surface area contributed by atoms with E-state index in [1.807, 2.05) is 0 Å². The molecule has 0 spiro atoms.